The molecule has 1 atom stereocenters. The normalized spacial score (nSPS) is 29.2. The lowest BCUT2D eigenvalue weighted by atomic mass is 9.73. The highest BCUT2D eigenvalue weighted by molar-refractivity contribution is 6.30. The molecule has 19 heavy (non-hydrogen) atoms. The van der Waals surface area contributed by atoms with E-state index in [0.29, 0.717) is 0 Å². The first-order valence-electron chi connectivity index (χ1n) is 7.09. The minimum atomic E-state index is -0.0882. The second-order valence-corrected chi connectivity index (χ2v) is 6.16. The third-order valence-electron chi connectivity index (χ3n) is 4.55. The highest BCUT2D eigenvalue weighted by Gasteiger charge is 2.41. The summed E-state index contributed by atoms with van der Waals surface area (Å²) in [5, 5.41) is 4.23. The second kappa shape index (κ2) is 6.25. The fourth-order valence-electron chi connectivity index (χ4n) is 3.25. The predicted molar refractivity (Wildman–Crippen MR) is 80.6 cm³/mol. The molecule has 1 aromatic rings. The third-order valence-corrected chi connectivity index (χ3v) is 4.80. The fourth-order valence-corrected chi connectivity index (χ4v) is 3.38. The predicted octanol–water partition coefficient (Wildman–Crippen LogP) is 4.20. The Balaban J connectivity index is 2.25. The number of likely N-dealkylation sites (N-methyl/N-ethyl adjacent to an activating group) is 1. The molecule has 0 radical (unpaired) electrons. The molecule has 0 bridgehead atoms. The van der Waals surface area contributed by atoms with Crippen LogP contribution >= 0.6 is 11.6 Å². The Morgan fingerprint density at radius 1 is 1.26 bits per heavy atom. The van der Waals surface area contributed by atoms with Gasteiger partial charge in [-0.25, -0.2) is 0 Å². The van der Waals surface area contributed by atoms with Crippen LogP contribution in [-0.4, -0.2) is 19.8 Å². The smallest absolute Gasteiger partial charge is 0.0872 e. The quantitative estimate of drug-likeness (QED) is 0.893. The molecule has 1 N–H and O–H groups in total. The van der Waals surface area contributed by atoms with Crippen LogP contribution in [0, 0.1) is 5.92 Å². The van der Waals surface area contributed by atoms with Gasteiger partial charge in [-0.3, -0.25) is 0 Å². The number of hydrogen-bond donors (Lipinski definition) is 1. The Morgan fingerprint density at radius 3 is 2.32 bits per heavy atom. The van der Waals surface area contributed by atoms with Crippen LogP contribution in [0.15, 0.2) is 24.3 Å². The van der Waals surface area contributed by atoms with Crippen molar-refractivity contribution in [3.8, 4) is 0 Å². The third kappa shape index (κ3) is 3.13. The highest BCUT2D eigenvalue weighted by atomic mass is 35.5. The molecule has 1 saturated carbocycles. The molecule has 2 nitrogen and oxygen atoms in total. The van der Waals surface area contributed by atoms with E-state index < -0.39 is 0 Å². The van der Waals surface area contributed by atoms with Crippen molar-refractivity contribution in [1.29, 1.82) is 0 Å². The number of halogens is 1. The van der Waals surface area contributed by atoms with E-state index in [-0.39, 0.29) is 11.6 Å². The zero-order valence-electron chi connectivity index (χ0n) is 12.1. The Hall–Kier alpha value is -0.570. The topological polar surface area (TPSA) is 21.3 Å². The average molecular weight is 282 g/mol. The van der Waals surface area contributed by atoms with Gasteiger partial charge in [0.2, 0.25) is 0 Å². The molecule has 0 saturated heterocycles. The van der Waals surface area contributed by atoms with Crippen LogP contribution in [-0.2, 0) is 4.74 Å². The van der Waals surface area contributed by atoms with Gasteiger partial charge in [0.1, 0.15) is 0 Å². The zero-order valence-corrected chi connectivity index (χ0v) is 12.8. The van der Waals surface area contributed by atoms with E-state index in [1.165, 1.54) is 18.4 Å². The molecule has 0 heterocycles. The summed E-state index contributed by atoms with van der Waals surface area (Å²) in [6, 6.07) is 8.33. The number of benzene rings is 1. The summed E-state index contributed by atoms with van der Waals surface area (Å²) >= 11 is 5.98. The molecule has 3 heteroatoms. The Bertz CT molecular complexity index is 396. The van der Waals surface area contributed by atoms with Gasteiger partial charge in [-0.05, 0) is 56.3 Å². The Kier molecular flexibility index (Phi) is 4.88. The van der Waals surface area contributed by atoms with Crippen LogP contribution in [0.2, 0.25) is 5.02 Å². The van der Waals surface area contributed by atoms with Crippen molar-refractivity contribution in [2.75, 3.05) is 14.2 Å². The molecule has 1 aromatic carbocycles. The summed E-state index contributed by atoms with van der Waals surface area (Å²) in [6.07, 6.45) is 4.69. The molecule has 1 fully saturated rings. The van der Waals surface area contributed by atoms with Gasteiger partial charge in [-0.2, -0.15) is 0 Å². The van der Waals surface area contributed by atoms with E-state index in [4.69, 9.17) is 16.3 Å². The van der Waals surface area contributed by atoms with Crippen molar-refractivity contribution in [2.24, 2.45) is 5.92 Å². The van der Waals surface area contributed by atoms with Crippen LogP contribution in [0.1, 0.15) is 44.2 Å². The van der Waals surface area contributed by atoms with Gasteiger partial charge in [0, 0.05) is 12.1 Å². The summed E-state index contributed by atoms with van der Waals surface area (Å²) in [6.45, 7) is 2.33. The first kappa shape index (κ1) is 14.8. The van der Waals surface area contributed by atoms with Crippen molar-refractivity contribution < 1.29 is 4.74 Å². The monoisotopic (exact) mass is 281 g/mol. The van der Waals surface area contributed by atoms with Gasteiger partial charge in [0.15, 0.2) is 0 Å². The molecular formula is C16H24ClNO. The molecule has 1 aliphatic carbocycles. The molecule has 1 unspecified atom stereocenters. The summed E-state index contributed by atoms with van der Waals surface area (Å²) in [7, 11) is 3.86. The van der Waals surface area contributed by atoms with E-state index >= 15 is 0 Å². The number of ether oxygens (including phenoxy) is 1. The van der Waals surface area contributed by atoms with E-state index in [1.54, 1.807) is 0 Å². The van der Waals surface area contributed by atoms with Gasteiger partial charge >= 0.3 is 0 Å². The van der Waals surface area contributed by atoms with Crippen LogP contribution in [0.25, 0.3) is 0 Å². The highest BCUT2D eigenvalue weighted by Crippen LogP contribution is 2.42. The van der Waals surface area contributed by atoms with E-state index in [1.807, 2.05) is 26.3 Å². The second-order valence-electron chi connectivity index (χ2n) is 5.72. The fraction of sp³-hybridized carbons (Fsp3) is 0.625. The summed E-state index contributed by atoms with van der Waals surface area (Å²) in [5.41, 5.74) is 1.16. The largest absolute Gasteiger partial charge is 0.376 e. The van der Waals surface area contributed by atoms with Crippen LogP contribution in [0.5, 0.6) is 0 Å². The SMILES string of the molecule is CNC(c1ccc(Cl)cc1)C1(OC)CCC(C)CC1. The van der Waals surface area contributed by atoms with Crippen molar-refractivity contribution in [1.82, 2.24) is 5.32 Å². The van der Waals surface area contributed by atoms with Gasteiger partial charge in [0.05, 0.1) is 11.6 Å². The van der Waals surface area contributed by atoms with Crippen molar-refractivity contribution in [3.05, 3.63) is 34.9 Å². The van der Waals surface area contributed by atoms with Crippen molar-refractivity contribution in [3.63, 3.8) is 0 Å². The molecule has 0 aliphatic heterocycles. The minimum absolute atomic E-state index is 0.0882. The standard InChI is InChI=1S/C16H24ClNO/c1-12-8-10-16(19-3,11-9-12)15(18-2)13-4-6-14(17)7-5-13/h4-7,12,15,18H,8-11H2,1-3H3. The van der Waals surface area contributed by atoms with E-state index in [2.05, 4.69) is 24.4 Å². The Labute approximate surface area is 121 Å². The molecule has 1 aliphatic rings. The van der Waals surface area contributed by atoms with E-state index in [0.717, 1.165) is 23.8 Å². The molecule has 0 amide bonds. The van der Waals surface area contributed by atoms with Crippen molar-refractivity contribution >= 4 is 11.6 Å². The molecular weight excluding hydrogens is 258 g/mol. The maximum Gasteiger partial charge on any atom is 0.0872 e. The summed E-state index contributed by atoms with van der Waals surface area (Å²) in [4.78, 5) is 0. The average Bonchev–Trinajstić information content (AvgIpc) is 2.44. The first-order chi connectivity index (χ1) is 9.11. The van der Waals surface area contributed by atoms with Gasteiger partial charge < -0.3 is 10.1 Å². The molecule has 106 valence electrons. The van der Waals surface area contributed by atoms with Crippen LogP contribution in [0.3, 0.4) is 0 Å². The lowest BCUT2D eigenvalue weighted by Gasteiger charge is -2.44. The number of rotatable bonds is 4. The first-order valence-corrected chi connectivity index (χ1v) is 7.47. The van der Waals surface area contributed by atoms with Crippen LogP contribution in [0.4, 0.5) is 0 Å². The van der Waals surface area contributed by atoms with Gasteiger partial charge in [0.25, 0.3) is 0 Å². The molecule has 2 rings (SSSR count). The van der Waals surface area contributed by atoms with Gasteiger partial charge in [-0.15, -0.1) is 0 Å². The summed E-state index contributed by atoms with van der Waals surface area (Å²) < 4.78 is 5.97. The zero-order chi connectivity index (χ0) is 13.9. The maximum absolute atomic E-state index is 5.98. The Morgan fingerprint density at radius 2 is 1.84 bits per heavy atom. The van der Waals surface area contributed by atoms with Gasteiger partial charge in [-0.1, -0.05) is 30.7 Å². The maximum atomic E-state index is 5.98. The minimum Gasteiger partial charge on any atom is -0.376 e. The summed E-state index contributed by atoms with van der Waals surface area (Å²) in [5.74, 6) is 0.811. The van der Waals surface area contributed by atoms with Crippen molar-refractivity contribution in [2.45, 2.75) is 44.2 Å². The molecule has 0 aromatic heterocycles. The molecule has 0 spiro atoms. The number of nitrogens with one attached hydrogen (secondary N) is 1. The number of hydrogen-bond acceptors (Lipinski definition) is 2. The van der Waals surface area contributed by atoms with Crippen LogP contribution < -0.4 is 5.32 Å². The lowest BCUT2D eigenvalue weighted by molar-refractivity contribution is -0.0745. The lowest BCUT2D eigenvalue weighted by Crippen LogP contribution is -2.46. The van der Waals surface area contributed by atoms with E-state index in [9.17, 15) is 0 Å². The number of methoxy groups -OCH3 is 1.